The van der Waals surface area contributed by atoms with Crippen molar-refractivity contribution < 1.29 is 8.42 Å². The van der Waals surface area contributed by atoms with Crippen LogP contribution < -0.4 is 5.73 Å². The Morgan fingerprint density at radius 1 is 1.21 bits per heavy atom. The van der Waals surface area contributed by atoms with Crippen LogP contribution in [0.2, 0.25) is 0 Å². The Bertz CT molecular complexity index is 667. The van der Waals surface area contributed by atoms with Gasteiger partial charge in [0.1, 0.15) is 0 Å². The van der Waals surface area contributed by atoms with Crippen LogP contribution in [0.15, 0.2) is 47.5 Å². The van der Waals surface area contributed by atoms with E-state index in [0.29, 0.717) is 17.0 Å². The second kappa shape index (κ2) is 5.40. The van der Waals surface area contributed by atoms with Crippen molar-refractivity contribution in [2.24, 2.45) is 0 Å². The zero-order valence-corrected chi connectivity index (χ0v) is 11.5. The van der Waals surface area contributed by atoms with Crippen molar-refractivity contribution >= 4 is 15.5 Å². The van der Waals surface area contributed by atoms with Crippen LogP contribution in [0.25, 0.3) is 0 Å². The molecule has 0 aliphatic carbocycles. The normalized spacial score (nSPS) is 11.4. The smallest absolute Gasteiger partial charge is 0.178 e. The molecule has 100 valence electrons. The van der Waals surface area contributed by atoms with Crippen LogP contribution in [0.1, 0.15) is 11.3 Å². The number of anilines is 1. The quantitative estimate of drug-likeness (QED) is 0.867. The Morgan fingerprint density at radius 3 is 2.63 bits per heavy atom. The van der Waals surface area contributed by atoms with Crippen LogP contribution >= 0.6 is 0 Å². The van der Waals surface area contributed by atoms with Crippen LogP contribution in [-0.4, -0.2) is 19.2 Å². The van der Waals surface area contributed by atoms with Gasteiger partial charge in [-0.15, -0.1) is 0 Å². The number of hydrogen-bond acceptors (Lipinski definition) is 4. The maximum Gasteiger partial charge on any atom is 0.178 e. The summed E-state index contributed by atoms with van der Waals surface area (Å²) >= 11 is 0. The van der Waals surface area contributed by atoms with Crippen LogP contribution in [0.4, 0.5) is 5.69 Å². The van der Waals surface area contributed by atoms with Gasteiger partial charge in [0, 0.05) is 24.0 Å². The first-order valence-corrected chi connectivity index (χ1v) is 7.63. The van der Waals surface area contributed by atoms with Gasteiger partial charge in [0.2, 0.25) is 0 Å². The molecule has 0 saturated carbocycles. The summed E-state index contributed by atoms with van der Waals surface area (Å²) in [5, 5.41) is 0. The zero-order chi connectivity index (χ0) is 13.9. The van der Waals surface area contributed by atoms with Crippen molar-refractivity contribution in [3.8, 4) is 0 Å². The summed E-state index contributed by atoms with van der Waals surface area (Å²) in [6, 6.07) is 10.3. The molecule has 1 aromatic carbocycles. The van der Waals surface area contributed by atoms with Gasteiger partial charge in [-0.1, -0.05) is 6.07 Å². The van der Waals surface area contributed by atoms with Gasteiger partial charge in [-0.25, -0.2) is 8.42 Å². The summed E-state index contributed by atoms with van der Waals surface area (Å²) in [5.41, 5.74) is 7.85. The maximum atomic E-state index is 12.2. The number of nitrogens with two attached hydrogens (primary N) is 1. The van der Waals surface area contributed by atoms with Gasteiger partial charge in [-0.05, 0) is 42.8 Å². The van der Waals surface area contributed by atoms with Gasteiger partial charge in [-0.2, -0.15) is 0 Å². The van der Waals surface area contributed by atoms with E-state index in [1.807, 2.05) is 12.1 Å². The molecule has 0 spiro atoms. The largest absolute Gasteiger partial charge is 0.399 e. The highest BCUT2D eigenvalue weighted by Gasteiger charge is 2.15. The van der Waals surface area contributed by atoms with Gasteiger partial charge >= 0.3 is 0 Å². The van der Waals surface area contributed by atoms with Crippen LogP contribution in [0, 0.1) is 6.92 Å². The molecule has 2 N–H and O–H groups in total. The van der Waals surface area contributed by atoms with Crippen LogP contribution in [-0.2, 0) is 16.3 Å². The first kappa shape index (κ1) is 13.5. The number of sulfone groups is 1. The van der Waals surface area contributed by atoms with Crippen molar-refractivity contribution in [3.63, 3.8) is 0 Å². The predicted molar refractivity (Wildman–Crippen MR) is 75.6 cm³/mol. The van der Waals surface area contributed by atoms with Crippen LogP contribution in [0.5, 0.6) is 0 Å². The topological polar surface area (TPSA) is 73.0 Å². The van der Waals surface area contributed by atoms with E-state index in [1.54, 1.807) is 37.4 Å². The summed E-state index contributed by atoms with van der Waals surface area (Å²) in [4.78, 5) is 4.44. The van der Waals surface area contributed by atoms with Gasteiger partial charge in [0.25, 0.3) is 0 Å². The standard InChI is InChI=1S/C14H16N2O2S/c1-11-10-13(5-6-14(11)15)19(17,18)9-7-12-4-2-3-8-16-12/h2-6,8,10H,7,9,15H2,1H3. The first-order valence-electron chi connectivity index (χ1n) is 5.98. The van der Waals surface area contributed by atoms with Crippen molar-refractivity contribution in [3.05, 3.63) is 53.9 Å². The van der Waals surface area contributed by atoms with E-state index in [2.05, 4.69) is 4.98 Å². The molecule has 2 aromatic rings. The summed E-state index contributed by atoms with van der Waals surface area (Å²) in [7, 11) is -3.29. The molecule has 0 aliphatic rings. The van der Waals surface area contributed by atoms with Crippen molar-refractivity contribution in [2.45, 2.75) is 18.2 Å². The number of rotatable bonds is 4. The fourth-order valence-corrected chi connectivity index (χ4v) is 3.09. The molecule has 1 aromatic heterocycles. The molecule has 0 atom stereocenters. The molecule has 0 aliphatic heterocycles. The second-order valence-electron chi connectivity index (χ2n) is 4.41. The highest BCUT2D eigenvalue weighted by Crippen LogP contribution is 2.18. The maximum absolute atomic E-state index is 12.2. The van der Waals surface area contributed by atoms with Crippen LogP contribution in [0.3, 0.4) is 0 Å². The third kappa shape index (κ3) is 3.32. The van der Waals surface area contributed by atoms with E-state index >= 15 is 0 Å². The number of aryl methyl sites for hydroxylation is 2. The molecule has 0 amide bonds. The molecule has 2 rings (SSSR count). The predicted octanol–water partition coefficient (Wildman–Crippen LogP) is 1.99. The fourth-order valence-electron chi connectivity index (χ4n) is 1.74. The second-order valence-corrected chi connectivity index (χ2v) is 6.52. The monoisotopic (exact) mass is 276 g/mol. The Labute approximate surface area is 113 Å². The molecule has 0 radical (unpaired) electrons. The van der Waals surface area contributed by atoms with Gasteiger partial charge in [0.15, 0.2) is 9.84 Å². The average molecular weight is 276 g/mol. The molecule has 4 nitrogen and oxygen atoms in total. The number of nitrogens with zero attached hydrogens (tertiary/aromatic N) is 1. The number of pyridine rings is 1. The number of aromatic nitrogens is 1. The van der Waals surface area contributed by atoms with E-state index < -0.39 is 9.84 Å². The van der Waals surface area contributed by atoms with Crippen molar-refractivity contribution in [2.75, 3.05) is 11.5 Å². The van der Waals surface area contributed by atoms with E-state index in [0.717, 1.165) is 11.3 Å². The first-order chi connectivity index (χ1) is 8.99. The van der Waals surface area contributed by atoms with E-state index in [9.17, 15) is 8.42 Å². The molecule has 5 heteroatoms. The lowest BCUT2D eigenvalue weighted by Crippen LogP contribution is -2.10. The Morgan fingerprint density at radius 2 is 2.00 bits per heavy atom. The highest BCUT2D eigenvalue weighted by atomic mass is 32.2. The minimum absolute atomic E-state index is 0.0490. The third-order valence-corrected chi connectivity index (χ3v) is 4.67. The lowest BCUT2D eigenvalue weighted by Gasteiger charge is -2.06. The lowest BCUT2D eigenvalue weighted by molar-refractivity contribution is 0.595. The molecular formula is C14H16N2O2S. The Hall–Kier alpha value is -1.88. The minimum Gasteiger partial charge on any atom is -0.399 e. The molecular weight excluding hydrogens is 260 g/mol. The molecule has 0 fully saturated rings. The number of nitrogen functional groups attached to an aromatic ring is 1. The summed E-state index contributed by atoms with van der Waals surface area (Å²) in [6.45, 7) is 1.80. The molecule has 0 unspecified atom stereocenters. The average Bonchev–Trinajstić information content (AvgIpc) is 2.41. The number of benzene rings is 1. The summed E-state index contributed by atoms with van der Waals surface area (Å²) in [6.07, 6.45) is 2.07. The minimum atomic E-state index is -3.29. The summed E-state index contributed by atoms with van der Waals surface area (Å²) < 4.78 is 24.4. The van der Waals surface area contributed by atoms with Gasteiger partial charge < -0.3 is 5.73 Å². The van der Waals surface area contributed by atoms with E-state index in [1.165, 1.54) is 0 Å². The lowest BCUT2D eigenvalue weighted by atomic mass is 10.2. The Balaban J connectivity index is 2.16. The van der Waals surface area contributed by atoms with E-state index in [4.69, 9.17) is 5.73 Å². The van der Waals surface area contributed by atoms with Gasteiger partial charge in [0.05, 0.1) is 10.6 Å². The van der Waals surface area contributed by atoms with Crippen molar-refractivity contribution in [1.29, 1.82) is 0 Å². The zero-order valence-electron chi connectivity index (χ0n) is 10.7. The fraction of sp³-hybridized carbons (Fsp3) is 0.214. The van der Waals surface area contributed by atoms with Gasteiger partial charge in [-0.3, -0.25) is 4.98 Å². The SMILES string of the molecule is Cc1cc(S(=O)(=O)CCc2ccccn2)ccc1N. The molecule has 19 heavy (non-hydrogen) atoms. The highest BCUT2D eigenvalue weighted by molar-refractivity contribution is 7.91. The molecule has 0 saturated heterocycles. The number of hydrogen-bond donors (Lipinski definition) is 1. The molecule has 1 heterocycles. The van der Waals surface area contributed by atoms with Crippen molar-refractivity contribution in [1.82, 2.24) is 4.98 Å². The molecule has 0 bridgehead atoms. The Kier molecular flexibility index (Phi) is 3.85. The summed E-state index contributed by atoms with van der Waals surface area (Å²) in [5.74, 6) is 0.0490. The van der Waals surface area contributed by atoms with E-state index in [-0.39, 0.29) is 5.75 Å². The third-order valence-electron chi connectivity index (χ3n) is 2.95.